The molecule has 3 aromatic carbocycles. The number of hydrogen-bond acceptors (Lipinski definition) is 3. The van der Waals surface area contributed by atoms with Crippen molar-refractivity contribution in [3.63, 3.8) is 0 Å². The summed E-state index contributed by atoms with van der Waals surface area (Å²) in [5, 5.41) is 2.91. The molecule has 1 aliphatic rings. The number of nitrogens with zero attached hydrogens (tertiary/aromatic N) is 1. The third-order valence-electron chi connectivity index (χ3n) is 5.39. The van der Waals surface area contributed by atoms with Gasteiger partial charge < -0.3 is 15.0 Å². The predicted octanol–water partition coefficient (Wildman–Crippen LogP) is 5.14. The van der Waals surface area contributed by atoms with Crippen LogP contribution in [0.2, 0.25) is 0 Å². The van der Waals surface area contributed by atoms with Crippen LogP contribution in [-0.4, -0.2) is 29.8 Å². The second-order valence-electron chi connectivity index (χ2n) is 7.65. The number of benzene rings is 3. The maximum Gasteiger partial charge on any atom is 0.255 e. The molecule has 31 heavy (non-hydrogen) atoms. The van der Waals surface area contributed by atoms with Crippen LogP contribution in [0.25, 0.3) is 0 Å². The zero-order chi connectivity index (χ0) is 21.5. The number of nitrogens with one attached hydrogen (secondary N) is 1. The van der Waals surface area contributed by atoms with Crippen molar-refractivity contribution < 1.29 is 14.3 Å². The van der Waals surface area contributed by atoms with Gasteiger partial charge in [-0.25, -0.2) is 0 Å². The molecule has 0 spiro atoms. The molecule has 5 nitrogen and oxygen atoms in total. The van der Waals surface area contributed by atoms with Gasteiger partial charge in [-0.2, -0.15) is 0 Å². The molecule has 0 unspecified atom stereocenters. The number of ether oxygens (including phenoxy) is 1. The molecule has 4 rings (SSSR count). The molecule has 1 saturated heterocycles. The second kappa shape index (κ2) is 9.94. The summed E-state index contributed by atoms with van der Waals surface area (Å²) in [6, 6.07) is 24.1. The molecule has 1 aliphatic heterocycles. The van der Waals surface area contributed by atoms with Crippen LogP contribution >= 0.6 is 0 Å². The van der Waals surface area contributed by atoms with E-state index in [0.717, 1.165) is 37.9 Å². The average Bonchev–Trinajstić information content (AvgIpc) is 2.84. The van der Waals surface area contributed by atoms with Gasteiger partial charge in [-0.05, 0) is 55.2 Å². The number of rotatable bonds is 6. The lowest BCUT2D eigenvalue weighted by Gasteiger charge is -2.27. The molecule has 0 aliphatic carbocycles. The molecule has 5 heteroatoms. The normalized spacial score (nSPS) is 13.5. The maximum atomic E-state index is 13.0. The highest BCUT2D eigenvalue weighted by Crippen LogP contribution is 2.22. The standard InChI is InChI=1S/C26H26N2O3/c29-25(21-12-9-13-22(18-21)31-19-20-10-3-1-4-11-20)27-24-15-6-5-14-23(24)26(30)28-16-7-2-8-17-28/h1,3-6,9-15,18H,2,7-8,16-17,19H2,(H,27,29). The Balaban J connectivity index is 1.45. The smallest absolute Gasteiger partial charge is 0.255 e. The van der Waals surface area contributed by atoms with Gasteiger partial charge in [0.05, 0.1) is 11.3 Å². The Morgan fingerprint density at radius 3 is 2.39 bits per heavy atom. The highest BCUT2D eigenvalue weighted by atomic mass is 16.5. The van der Waals surface area contributed by atoms with E-state index in [1.807, 2.05) is 53.4 Å². The van der Waals surface area contributed by atoms with Crippen molar-refractivity contribution in [3.8, 4) is 5.75 Å². The lowest BCUT2D eigenvalue weighted by molar-refractivity contribution is 0.0725. The van der Waals surface area contributed by atoms with Gasteiger partial charge in [-0.15, -0.1) is 0 Å². The van der Waals surface area contributed by atoms with Gasteiger partial charge in [0.25, 0.3) is 11.8 Å². The Morgan fingerprint density at radius 2 is 1.58 bits per heavy atom. The molecular formula is C26H26N2O3. The first-order valence-electron chi connectivity index (χ1n) is 10.7. The monoisotopic (exact) mass is 414 g/mol. The number of carbonyl (C=O) groups excluding carboxylic acids is 2. The van der Waals surface area contributed by atoms with E-state index in [1.54, 1.807) is 30.3 Å². The van der Waals surface area contributed by atoms with Crippen LogP contribution in [0.4, 0.5) is 5.69 Å². The predicted molar refractivity (Wildman–Crippen MR) is 121 cm³/mol. The summed E-state index contributed by atoms with van der Waals surface area (Å²) in [5.74, 6) is 0.314. The topological polar surface area (TPSA) is 58.6 Å². The van der Waals surface area contributed by atoms with Gasteiger partial charge in [0, 0.05) is 18.7 Å². The molecule has 0 saturated carbocycles. The van der Waals surface area contributed by atoms with Crippen LogP contribution in [0.1, 0.15) is 45.5 Å². The summed E-state index contributed by atoms with van der Waals surface area (Å²) in [6.45, 7) is 1.96. The Bertz CT molecular complexity index is 1040. The minimum atomic E-state index is -0.274. The minimum Gasteiger partial charge on any atom is -0.489 e. The zero-order valence-corrected chi connectivity index (χ0v) is 17.4. The third-order valence-corrected chi connectivity index (χ3v) is 5.39. The third kappa shape index (κ3) is 5.31. The van der Waals surface area contributed by atoms with Gasteiger partial charge in [0.2, 0.25) is 0 Å². The van der Waals surface area contributed by atoms with E-state index in [2.05, 4.69) is 5.32 Å². The maximum absolute atomic E-state index is 13.0. The highest BCUT2D eigenvalue weighted by molar-refractivity contribution is 6.09. The van der Waals surface area contributed by atoms with Crippen LogP contribution in [0.15, 0.2) is 78.9 Å². The van der Waals surface area contributed by atoms with Gasteiger partial charge in [-0.1, -0.05) is 48.5 Å². The number of hydrogen-bond donors (Lipinski definition) is 1. The number of piperidine rings is 1. The molecular weight excluding hydrogens is 388 g/mol. The van der Waals surface area contributed by atoms with Gasteiger partial charge >= 0.3 is 0 Å². The van der Waals surface area contributed by atoms with E-state index in [9.17, 15) is 9.59 Å². The first kappa shape index (κ1) is 20.7. The van der Waals surface area contributed by atoms with Crippen molar-refractivity contribution in [2.75, 3.05) is 18.4 Å². The summed E-state index contributed by atoms with van der Waals surface area (Å²) in [7, 11) is 0. The molecule has 1 heterocycles. The lowest BCUT2D eigenvalue weighted by Crippen LogP contribution is -2.36. The van der Waals surface area contributed by atoms with Crippen LogP contribution in [0.3, 0.4) is 0 Å². The van der Waals surface area contributed by atoms with E-state index in [-0.39, 0.29) is 11.8 Å². The van der Waals surface area contributed by atoms with Crippen LogP contribution in [0, 0.1) is 0 Å². The summed E-state index contributed by atoms with van der Waals surface area (Å²) in [6.07, 6.45) is 3.21. The zero-order valence-electron chi connectivity index (χ0n) is 17.4. The Hall–Kier alpha value is -3.60. The molecule has 0 bridgehead atoms. The molecule has 0 atom stereocenters. The minimum absolute atomic E-state index is 0.0319. The molecule has 158 valence electrons. The molecule has 0 aromatic heterocycles. The Labute approximate surface area is 182 Å². The number of carbonyl (C=O) groups is 2. The number of anilines is 1. The first-order valence-corrected chi connectivity index (χ1v) is 10.7. The summed E-state index contributed by atoms with van der Waals surface area (Å²) in [5.41, 5.74) is 2.58. The fourth-order valence-corrected chi connectivity index (χ4v) is 3.71. The van der Waals surface area contributed by atoms with E-state index < -0.39 is 0 Å². The Morgan fingerprint density at radius 1 is 0.839 bits per heavy atom. The van der Waals surface area contributed by atoms with Gasteiger partial charge in [0.1, 0.15) is 12.4 Å². The van der Waals surface area contributed by atoms with Crippen molar-refractivity contribution in [3.05, 3.63) is 95.6 Å². The number of likely N-dealkylation sites (tertiary alicyclic amines) is 1. The summed E-state index contributed by atoms with van der Waals surface area (Å²) < 4.78 is 5.83. The largest absolute Gasteiger partial charge is 0.489 e. The molecule has 0 radical (unpaired) electrons. The van der Waals surface area contributed by atoms with Crippen molar-refractivity contribution in [1.82, 2.24) is 4.90 Å². The van der Waals surface area contributed by atoms with E-state index >= 15 is 0 Å². The molecule has 1 fully saturated rings. The average molecular weight is 415 g/mol. The molecule has 3 aromatic rings. The molecule has 2 amide bonds. The SMILES string of the molecule is O=C(Nc1ccccc1C(=O)N1CCCCC1)c1cccc(OCc2ccccc2)c1. The fourth-order valence-electron chi connectivity index (χ4n) is 3.71. The fraction of sp³-hybridized carbons (Fsp3) is 0.231. The van der Waals surface area contributed by atoms with Crippen molar-refractivity contribution in [2.45, 2.75) is 25.9 Å². The summed E-state index contributed by atoms with van der Waals surface area (Å²) >= 11 is 0. The second-order valence-corrected chi connectivity index (χ2v) is 7.65. The van der Waals surface area contributed by atoms with Crippen LogP contribution < -0.4 is 10.1 Å². The van der Waals surface area contributed by atoms with E-state index in [0.29, 0.717) is 29.2 Å². The first-order chi connectivity index (χ1) is 15.2. The van der Waals surface area contributed by atoms with Crippen molar-refractivity contribution in [1.29, 1.82) is 0 Å². The van der Waals surface area contributed by atoms with Gasteiger partial charge in [0.15, 0.2) is 0 Å². The van der Waals surface area contributed by atoms with Crippen molar-refractivity contribution in [2.24, 2.45) is 0 Å². The quantitative estimate of drug-likeness (QED) is 0.607. The van der Waals surface area contributed by atoms with Crippen LogP contribution in [0.5, 0.6) is 5.75 Å². The van der Waals surface area contributed by atoms with Gasteiger partial charge in [-0.3, -0.25) is 9.59 Å². The summed E-state index contributed by atoms with van der Waals surface area (Å²) in [4.78, 5) is 27.7. The lowest BCUT2D eigenvalue weighted by atomic mass is 10.1. The number of para-hydroxylation sites is 1. The number of amides is 2. The highest BCUT2D eigenvalue weighted by Gasteiger charge is 2.21. The van der Waals surface area contributed by atoms with E-state index in [4.69, 9.17) is 4.74 Å². The van der Waals surface area contributed by atoms with Crippen molar-refractivity contribution >= 4 is 17.5 Å². The Kier molecular flexibility index (Phi) is 6.62. The van der Waals surface area contributed by atoms with Crippen LogP contribution in [-0.2, 0) is 6.61 Å². The van der Waals surface area contributed by atoms with E-state index in [1.165, 1.54) is 0 Å². The molecule has 1 N–H and O–H groups in total.